The molecule has 0 radical (unpaired) electrons. The number of nitrogens with zero attached hydrogens (tertiary/aromatic N) is 2. The number of rotatable bonds is 6. The molecule has 114 valence electrons. The van der Waals surface area contributed by atoms with Crippen LogP contribution >= 0.6 is 10.7 Å². The first-order valence-corrected chi connectivity index (χ1v) is 8.83. The average Bonchev–Trinajstić information content (AvgIpc) is 2.85. The number of hydrogen-bond donors (Lipinski definition) is 0. The van der Waals surface area contributed by atoms with Crippen molar-refractivity contribution in [2.45, 2.75) is 31.7 Å². The molecule has 2 rings (SSSR count). The minimum atomic E-state index is -3.73. The highest BCUT2D eigenvalue weighted by Crippen LogP contribution is 2.28. The molecule has 0 aliphatic heterocycles. The van der Waals surface area contributed by atoms with Gasteiger partial charge in [0.15, 0.2) is 0 Å². The third kappa shape index (κ3) is 4.22. The Morgan fingerprint density at radius 2 is 1.95 bits per heavy atom. The van der Waals surface area contributed by atoms with Crippen molar-refractivity contribution in [1.29, 1.82) is 0 Å². The molecule has 0 saturated carbocycles. The fraction of sp³-hybridized carbons (Fsp3) is 0.357. The van der Waals surface area contributed by atoms with Gasteiger partial charge in [-0.25, -0.2) is 13.4 Å². The molecule has 0 atom stereocenters. The predicted octanol–water partition coefficient (Wildman–Crippen LogP) is 2.90. The van der Waals surface area contributed by atoms with Gasteiger partial charge in [-0.3, -0.25) is 0 Å². The van der Waals surface area contributed by atoms with Crippen molar-refractivity contribution in [2.75, 3.05) is 6.61 Å². The van der Waals surface area contributed by atoms with E-state index in [-0.39, 0.29) is 4.90 Å². The zero-order valence-corrected chi connectivity index (χ0v) is 13.5. The summed E-state index contributed by atoms with van der Waals surface area (Å²) in [6.45, 7) is 4.79. The van der Waals surface area contributed by atoms with Gasteiger partial charge in [0, 0.05) is 29.6 Å². The summed E-state index contributed by atoms with van der Waals surface area (Å²) in [5.41, 5.74) is 1.18. The molecule has 1 aromatic carbocycles. The van der Waals surface area contributed by atoms with E-state index < -0.39 is 9.05 Å². The number of halogens is 1. The van der Waals surface area contributed by atoms with Crippen LogP contribution in [0.2, 0.25) is 0 Å². The Labute approximate surface area is 128 Å². The minimum absolute atomic E-state index is 0.162. The van der Waals surface area contributed by atoms with Gasteiger partial charge in [0.1, 0.15) is 5.75 Å². The van der Waals surface area contributed by atoms with Gasteiger partial charge in [0.2, 0.25) is 0 Å². The maximum absolute atomic E-state index is 11.5. The summed E-state index contributed by atoms with van der Waals surface area (Å²) in [6, 6.07) is 3.39. The second kappa shape index (κ2) is 6.49. The monoisotopic (exact) mass is 328 g/mol. The zero-order chi connectivity index (χ0) is 15.5. The number of aromatic nitrogens is 2. The molecule has 0 bridgehead atoms. The van der Waals surface area contributed by atoms with Gasteiger partial charge < -0.3 is 9.30 Å². The smallest absolute Gasteiger partial charge is 0.261 e. The van der Waals surface area contributed by atoms with Crippen LogP contribution in [0.25, 0.3) is 0 Å². The average molecular weight is 329 g/mol. The maximum atomic E-state index is 11.5. The lowest BCUT2D eigenvalue weighted by atomic mass is 10.1. The van der Waals surface area contributed by atoms with Crippen LogP contribution < -0.4 is 4.74 Å². The van der Waals surface area contributed by atoms with Crippen molar-refractivity contribution < 1.29 is 13.2 Å². The summed E-state index contributed by atoms with van der Waals surface area (Å²) in [4.78, 5) is 4.13. The standard InChI is InChI=1S/C14H17ClN2O3S/c1-11-8-13(9-12(2)14(11)21(15,18)19)20-7-3-5-17-6-4-16-10-17/h4,6,8-10H,3,5,7H2,1-2H3. The Hall–Kier alpha value is -1.53. The van der Waals surface area contributed by atoms with Crippen LogP contribution in [0.4, 0.5) is 0 Å². The molecule has 0 spiro atoms. The fourth-order valence-electron chi connectivity index (χ4n) is 2.23. The maximum Gasteiger partial charge on any atom is 0.261 e. The number of benzene rings is 1. The Morgan fingerprint density at radius 1 is 1.29 bits per heavy atom. The third-order valence-electron chi connectivity index (χ3n) is 3.07. The Bertz CT molecular complexity index is 689. The molecule has 7 heteroatoms. The first-order valence-electron chi connectivity index (χ1n) is 6.52. The van der Waals surface area contributed by atoms with E-state index in [1.165, 1.54) is 0 Å². The van der Waals surface area contributed by atoms with Crippen molar-refractivity contribution in [3.63, 3.8) is 0 Å². The highest BCUT2D eigenvalue weighted by Gasteiger charge is 2.17. The van der Waals surface area contributed by atoms with Gasteiger partial charge in [-0.15, -0.1) is 0 Å². The lowest BCUT2D eigenvalue weighted by molar-refractivity contribution is 0.301. The lowest BCUT2D eigenvalue weighted by Gasteiger charge is -2.11. The third-order valence-corrected chi connectivity index (χ3v) is 4.66. The normalized spacial score (nSPS) is 11.6. The zero-order valence-electron chi connectivity index (χ0n) is 11.9. The van der Waals surface area contributed by atoms with Crippen molar-refractivity contribution >= 4 is 19.7 Å². The van der Waals surface area contributed by atoms with E-state index >= 15 is 0 Å². The summed E-state index contributed by atoms with van der Waals surface area (Å²) in [5, 5.41) is 0. The molecule has 0 aliphatic carbocycles. The van der Waals surface area contributed by atoms with Crippen molar-refractivity contribution in [3.05, 3.63) is 42.0 Å². The van der Waals surface area contributed by atoms with Crippen LogP contribution in [0.1, 0.15) is 17.5 Å². The molecule has 1 heterocycles. The quantitative estimate of drug-likeness (QED) is 0.604. The first kappa shape index (κ1) is 15.9. The summed E-state index contributed by atoms with van der Waals surface area (Å²) in [6.07, 6.45) is 6.23. The molecule has 0 unspecified atom stereocenters. The number of hydrogen-bond acceptors (Lipinski definition) is 4. The second-order valence-electron chi connectivity index (χ2n) is 4.83. The van der Waals surface area contributed by atoms with Gasteiger partial charge in [-0.05, 0) is 43.5 Å². The summed E-state index contributed by atoms with van der Waals surface area (Å²) in [7, 11) is 1.70. The van der Waals surface area contributed by atoms with E-state index in [0.29, 0.717) is 23.5 Å². The molecule has 0 fully saturated rings. The van der Waals surface area contributed by atoms with Gasteiger partial charge in [0.25, 0.3) is 9.05 Å². The fourth-order valence-corrected chi connectivity index (χ4v) is 3.85. The summed E-state index contributed by atoms with van der Waals surface area (Å²) in [5.74, 6) is 0.652. The van der Waals surface area contributed by atoms with Gasteiger partial charge in [0.05, 0.1) is 17.8 Å². The highest BCUT2D eigenvalue weighted by molar-refractivity contribution is 8.13. The van der Waals surface area contributed by atoms with Gasteiger partial charge in [-0.1, -0.05) is 0 Å². The van der Waals surface area contributed by atoms with E-state index in [9.17, 15) is 8.42 Å². The topological polar surface area (TPSA) is 61.2 Å². The molecule has 2 aromatic rings. The lowest BCUT2D eigenvalue weighted by Crippen LogP contribution is -2.05. The number of aryl methyl sites for hydroxylation is 3. The highest BCUT2D eigenvalue weighted by atomic mass is 35.7. The largest absolute Gasteiger partial charge is 0.494 e. The van der Waals surface area contributed by atoms with Crippen LogP contribution in [0, 0.1) is 13.8 Å². The molecule has 21 heavy (non-hydrogen) atoms. The molecule has 0 saturated heterocycles. The SMILES string of the molecule is Cc1cc(OCCCn2ccnc2)cc(C)c1S(=O)(=O)Cl. The van der Waals surface area contributed by atoms with Gasteiger partial charge >= 0.3 is 0 Å². The van der Waals surface area contributed by atoms with Crippen LogP contribution in [-0.4, -0.2) is 24.6 Å². The van der Waals surface area contributed by atoms with E-state index in [1.807, 2.05) is 10.8 Å². The van der Waals surface area contributed by atoms with Crippen molar-refractivity contribution in [2.24, 2.45) is 0 Å². The molecule has 0 aliphatic rings. The second-order valence-corrected chi connectivity index (χ2v) is 7.33. The Morgan fingerprint density at radius 3 is 2.48 bits per heavy atom. The molecular formula is C14H17ClN2O3S. The summed E-state index contributed by atoms with van der Waals surface area (Å²) < 4.78 is 30.6. The van der Waals surface area contributed by atoms with Crippen LogP contribution in [0.5, 0.6) is 5.75 Å². The number of imidazole rings is 1. The van der Waals surface area contributed by atoms with E-state index in [1.54, 1.807) is 38.5 Å². The first-order chi connectivity index (χ1) is 9.88. The van der Waals surface area contributed by atoms with E-state index in [2.05, 4.69) is 4.98 Å². The van der Waals surface area contributed by atoms with E-state index in [4.69, 9.17) is 15.4 Å². The van der Waals surface area contributed by atoms with Crippen LogP contribution in [0.15, 0.2) is 35.7 Å². The predicted molar refractivity (Wildman–Crippen MR) is 81.3 cm³/mol. The van der Waals surface area contributed by atoms with Crippen molar-refractivity contribution in [1.82, 2.24) is 9.55 Å². The van der Waals surface area contributed by atoms with E-state index in [0.717, 1.165) is 13.0 Å². The molecular weight excluding hydrogens is 312 g/mol. The van der Waals surface area contributed by atoms with Crippen molar-refractivity contribution in [3.8, 4) is 5.75 Å². The Balaban J connectivity index is 1.98. The Kier molecular flexibility index (Phi) is 4.90. The summed E-state index contributed by atoms with van der Waals surface area (Å²) >= 11 is 0. The molecule has 1 aromatic heterocycles. The minimum Gasteiger partial charge on any atom is -0.494 e. The van der Waals surface area contributed by atoms with Gasteiger partial charge in [-0.2, -0.15) is 0 Å². The molecule has 5 nitrogen and oxygen atoms in total. The number of ether oxygens (including phenoxy) is 1. The van der Waals surface area contributed by atoms with Crippen LogP contribution in [0.3, 0.4) is 0 Å². The van der Waals surface area contributed by atoms with Crippen LogP contribution in [-0.2, 0) is 15.6 Å². The molecule has 0 N–H and O–H groups in total. The molecule has 0 amide bonds.